The van der Waals surface area contributed by atoms with Gasteiger partial charge in [0.25, 0.3) is 5.91 Å². The monoisotopic (exact) mass is 426 g/mol. The fourth-order valence-corrected chi connectivity index (χ4v) is 2.49. The average Bonchev–Trinajstić information content (AvgIpc) is 3.05. The number of ether oxygens (including phenoxy) is 1. The van der Waals surface area contributed by atoms with Gasteiger partial charge < -0.3 is 15.4 Å². The van der Waals surface area contributed by atoms with Gasteiger partial charge in [0.2, 0.25) is 0 Å². The van der Waals surface area contributed by atoms with E-state index in [2.05, 4.69) is 15.7 Å². The van der Waals surface area contributed by atoms with Gasteiger partial charge in [0.15, 0.2) is 5.69 Å². The fourth-order valence-electron chi connectivity index (χ4n) is 2.49. The largest absolute Gasteiger partial charge is 0.444 e. The van der Waals surface area contributed by atoms with Crippen molar-refractivity contribution in [3.63, 3.8) is 0 Å². The van der Waals surface area contributed by atoms with E-state index in [1.54, 1.807) is 65.0 Å². The molecule has 0 unspecified atom stereocenters. The Morgan fingerprint density at radius 1 is 1.07 bits per heavy atom. The number of rotatable bonds is 5. The molecule has 30 heavy (non-hydrogen) atoms. The predicted molar refractivity (Wildman–Crippen MR) is 104 cm³/mol. The number of benzene rings is 1. The van der Waals surface area contributed by atoms with Crippen molar-refractivity contribution < 1.29 is 27.5 Å². The molecule has 0 aliphatic carbocycles. The molecule has 2 rings (SSSR count). The molecule has 0 spiro atoms. The third-order valence-corrected chi connectivity index (χ3v) is 3.77. The van der Waals surface area contributed by atoms with Gasteiger partial charge in [-0.15, -0.1) is 0 Å². The zero-order chi connectivity index (χ0) is 22.7. The number of alkyl carbamates (subject to hydrolysis) is 1. The molecule has 0 fully saturated rings. The van der Waals surface area contributed by atoms with Crippen molar-refractivity contribution in [2.75, 3.05) is 6.54 Å². The molecule has 0 atom stereocenters. The van der Waals surface area contributed by atoms with Crippen LogP contribution in [0.25, 0.3) is 5.69 Å². The summed E-state index contributed by atoms with van der Waals surface area (Å²) in [5.74, 6) is -0.958. The summed E-state index contributed by atoms with van der Waals surface area (Å²) in [5.41, 5.74) is -3.28. The van der Waals surface area contributed by atoms with Crippen molar-refractivity contribution in [3.8, 4) is 5.69 Å². The van der Waals surface area contributed by atoms with Crippen molar-refractivity contribution in [2.24, 2.45) is 0 Å². The van der Waals surface area contributed by atoms with Crippen LogP contribution < -0.4 is 10.6 Å². The van der Waals surface area contributed by atoms with Crippen molar-refractivity contribution >= 4 is 12.0 Å². The van der Waals surface area contributed by atoms with Crippen molar-refractivity contribution in [2.45, 2.75) is 51.9 Å². The van der Waals surface area contributed by atoms with Crippen molar-refractivity contribution in [1.82, 2.24) is 20.4 Å². The Morgan fingerprint density at radius 3 is 2.20 bits per heavy atom. The van der Waals surface area contributed by atoms with Gasteiger partial charge >= 0.3 is 12.3 Å². The molecular weight excluding hydrogens is 401 g/mol. The van der Waals surface area contributed by atoms with E-state index in [0.29, 0.717) is 5.69 Å². The zero-order valence-corrected chi connectivity index (χ0v) is 17.4. The van der Waals surface area contributed by atoms with Gasteiger partial charge in [-0.3, -0.25) is 4.79 Å². The highest BCUT2D eigenvalue weighted by Gasteiger charge is 2.40. The third kappa shape index (κ3) is 6.50. The summed E-state index contributed by atoms with van der Waals surface area (Å²) in [6.07, 6.45) is -4.48. The molecule has 2 aromatic rings. The van der Waals surface area contributed by atoms with Gasteiger partial charge in [0.05, 0.1) is 16.8 Å². The van der Waals surface area contributed by atoms with Gasteiger partial charge in [-0.05, 0) is 46.8 Å². The van der Waals surface area contributed by atoms with E-state index in [0.717, 1.165) is 10.9 Å². The first-order valence-electron chi connectivity index (χ1n) is 9.20. The van der Waals surface area contributed by atoms with E-state index in [4.69, 9.17) is 4.74 Å². The van der Waals surface area contributed by atoms with Crippen molar-refractivity contribution in [3.05, 3.63) is 47.8 Å². The SMILES string of the molecule is CC(C)(CNC(=O)OC(C)(C)C)NC(=O)c1cn(-c2ccccc2)nc1C(F)(F)F. The van der Waals surface area contributed by atoms with E-state index in [-0.39, 0.29) is 6.54 Å². The third-order valence-electron chi connectivity index (χ3n) is 3.77. The lowest BCUT2D eigenvalue weighted by molar-refractivity contribution is -0.141. The van der Waals surface area contributed by atoms with Crippen LogP contribution in [0, 0.1) is 0 Å². The Balaban J connectivity index is 2.19. The first kappa shape index (κ1) is 23.2. The second-order valence-corrected chi connectivity index (χ2v) is 8.36. The molecule has 164 valence electrons. The molecule has 1 aromatic heterocycles. The highest BCUT2D eigenvalue weighted by molar-refractivity contribution is 5.96. The topological polar surface area (TPSA) is 85.3 Å². The lowest BCUT2D eigenvalue weighted by Gasteiger charge is -2.27. The van der Waals surface area contributed by atoms with Crippen LogP contribution in [0.1, 0.15) is 50.7 Å². The highest BCUT2D eigenvalue weighted by atomic mass is 19.4. The Bertz CT molecular complexity index is 900. The molecule has 1 aromatic carbocycles. The van der Waals surface area contributed by atoms with Crippen LogP contribution in [0.5, 0.6) is 0 Å². The standard InChI is InChI=1S/C20H25F3N4O3/c1-18(2,3)30-17(29)24-12-19(4,5)25-16(28)14-11-27(13-9-7-6-8-10-13)26-15(14)20(21,22)23/h6-11H,12H2,1-5H3,(H,24,29)(H,25,28). The van der Waals surface area contributed by atoms with Crippen LogP contribution in [-0.4, -0.2) is 39.5 Å². The zero-order valence-electron chi connectivity index (χ0n) is 17.4. The summed E-state index contributed by atoms with van der Waals surface area (Å²) in [6, 6.07) is 8.16. The molecule has 10 heteroatoms. The summed E-state index contributed by atoms with van der Waals surface area (Å²) in [4.78, 5) is 24.4. The van der Waals surface area contributed by atoms with Gasteiger partial charge in [0, 0.05) is 12.7 Å². The number of hydrogen-bond acceptors (Lipinski definition) is 4. The molecule has 0 aliphatic heterocycles. The molecule has 2 N–H and O–H groups in total. The molecule has 0 saturated carbocycles. The minimum absolute atomic E-state index is 0.0537. The van der Waals surface area contributed by atoms with Gasteiger partial charge in [0.1, 0.15) is 5.60 Å². The van der Waals surface area contributed by atoms with Crippen LogP contribution in [0.2, 0.25) is 0 Å². The van der Waals surface area contributed by atoms with E-state index in [1.807, 2.05) is 0 Å². The molecular formula is C20H25F3N4O3. The number of amides is 2. The van der Waals surface area contributed by atoms with Crippen LogP contribution in [0.4, 0.5) is 18.0 Å². The second-order valence-electron chi connectivity index (χ2n) is 8.36. The molecule has 0 saturated heterocycles. The summed E-state index contributed by atoms with van der Waals surface area (Å²) in [6.45, 7) is 8.17. The number of carbonyl (C=O) groups excluding carboxylic acids is 2. The Morgan fingerprint density at radius 2 is 1.67 bits per heavy atom. The first-order chi connectivity index (χ1) is 13.7. The summed E-state index contributed by atoms with van der Waals surface area (Å²) >= 11 is 0. The maximum absolute atomic E-state index is 13.5. The Hall–Kier alpha value is -3.04. The fraction of sp³-hybridized carbons (Fsp3) is 0.450. The first-order valence-corrected chi connectivity index (χ1v) is 9.20. The number of carbonyl (C=O) groups is 2. The van der Waals surface area contributed by atoms with Crippen LogP contribution in [0.3, 0.4) is 0 Å². The van der Waals surface area contributed by atoms with E-state index < -0.39 is 40.6 Å². The second kappa shape index (κ2) is 8.37. The van der Waals surface area contributed by atoms with Crippen LogP contribution in [0.15, 0.2) is 36.5 Å². The molecule has 0 radical (unpaired) electrons. The van der Waals surface area contributed by atoms with E-state index >= 15 is 0 Å². The minimum Gasteiger partial charge on any atom is -0.444 e. The Labute approximate surface area is 172 Å². The average molecular weight is 426 g/mol. The Kier molecular flexibility index (Phi) is 6.48. The molecule has 1 heterocycles. The minimum atomic E-state index is -4.81. The quantitative estimate of drug-likeness (QED) is 0.759. The summed E-state index contributed by atoms with van der Waals surface area (Å²) in [7, 11) is 0. The van der Waals surface area contributed by atoms with Gasteiger partial charge in [-0.25, -0.2) is 9.48 Å². The maximum atomic E-state index is 13.5. The number of aromatic nitrogens is 2. The summed E-state index contributed by atoms with van der Waals surface area (Å²) < 4.78 is 46.5. The number of alkyl halides is 3. The van der Waals surface area contributed by atoms with Crippen molar-refractivity contribution in [1.29, 1.82) is 0 Å². The number of para-hydroxylation sites is 1. The number of halogens is 3. The van der Waals surface area contributed by atoms with Crippen LogP contribution >= 0.6 is 0 Å². The normalized spacial score (nSPS) is 12.4. The maximum Gasteiger partial charge on any atom is 0.435 e. The lowest BCUT2D eigenvalue weighted by atomic mass is 10.0. The molecule has 0 aliphatic rings. The number of nitrogens with one attached hydrogen (secondary N) is 2. The molecule has 7 nitrogen and oxygen atoms in total. The smallest absolute Gasteiger partial charge is 0.435 e. The van der Waals surface area contributed by atoms with Gasteiger partial charge in [-0.1, -0.05) is 18.2 Å². The highest BCUT2D eigenvalue weighted by Crippen LogP contribution is 2.31. The molecule has 0 bridgehead atoms. The lowest BCUT2D eigenvalue weighted by Crippen LogP contribution is -2.52. The number of hydrogen-bond donors (Lipinski definition) is 2. The molecule has 2 amide bonds. The van der Waals surface area contributed by atoms with Crippen LogP contribution in [-0.2, 0) is 10.9 Å². The van der Waals surface area contributed by atoms with E-state index in [9.17, 15) is 22.8 Å². The predicted octanol–water partition coefficient (Wildman–Crippen LogP) is 3.92. The van der Waals surface area contributed by atoms with Gasteiger partial charge in [-0.2, -0.15) is 18.3 Å². The summed E-state index contributed by atoms with van der Waals surface area (Å²) in [5, 5.41) is 8.56. The number of nitrogens with zero attached hydrogens (tertiary/aromatic N) is 2. The van der Waals surface area contributed by atoms with E-state index in [1.165, 1.54) is 0 Å².